The van der Waals surface area contributed by atoms with Crippen LogP contribution in [0.15, 0.2) is 0 Å². The highest BCUT2D eigenvalue weighted by atomic mass is 15.2. The molecule has 1 atom stereocenters. The third kappa shape index (κ3) is 5.87. The lowest BCUT2D eigenvalue weighted by molar-refractivity contribution is 0.211. The predicted octanol–water partition coefficient (Wildman–Crippen LogP) is 3.28. The molecule has 0 amide bonds. The van der Waals surface area contributed by atoms with E-state index in [-0.39, 0.29) is 0 Å². The molecule has 0 radical (unpaired) electrons. The fraction of sp³-hybridized carbons (Fsp3) is 1.00. The Morgan fingerprint density at radius 2 is 2.06 bits per heavy atom. The highest BCUT2D eigenvalue weighted by molar-refractivity contribution is 4.87. The average Bonchev–Trinajstić information content (AvgIpc) is 2.47. The SMILES string of the molecule is CCC1(C)CN(CCCCC(C)C)CCCN1. The van der Waals surface area contributed by atoms with E-state index < -0.39 is 0 Å². The summed E-state index contributed by atoms with van der Waals surface area (Å²) in [5, 5.41) is 3.70. The first-order chi connectivity index (χ1) is 8.06. The van der Waals surface area contributed by atoms with Crippen molar-refractivity contribution in [2.45, 2.75) is 65.3 Å². The van der Waals surface area contributed by atoms with Crippen LogP contribution in [0.5, 0.6) is 0 Å². The molecule has 0 saturated carbocycles. The molecule has 0 spiro atoms. The summed E-state index contributed by atoms with van der Waals surface area (Å²) in [6.45, 7) is 14.3. The Hall–Kier alpha value is -0.0800. The molecule has 0 bridgehead atoms. The van der Waals surface area contributed by atoms with Gasteiger partial charge in [0.05, 0.1) is 0 Å². The zero-order chi connectivity index (χ0) is 12.7. The van der Waals surface area contributed by atoms with Crippen LogP contribution in [0.4, 0.5) is 0 Å². The van der Waals surface area contributed by atoms with Gasteiger partial charge in [0.1, 0.15) is 0 Å². The van der Waals surface area contributed by atoms with Crippen molar-refractivity contribution in [1.29, 1.82) is 0 Å². The summed E-state index contributed by atoms with van der Waals surface area (Å²) in [6.07, 6.45) is 6.69. The molecule has 1 heterocycles. The van der Waals surface area contributed by atoms with Crippen molar-refractivity contribution in [3.05, 3.63) is 0 Å². The zero-order valence-corrected chi connectivity index (χ0v) is 12.4. The first-order valence-corrected chi connectivity index (χ1v) is 7.53. The molecule has 0 aromatic heterocycles. The van der Waals surface area contributed by atoms with Crippen LogP contribution in [-0.4, -0.2) is 36.6 Å². The molecule has 1 saturated heterocycles. The third-order valence-corrected chi connectivity index (χ3v) is 4.06. The first kappa shape index (κ1) is 15.0. The minimum Gasteiger partial charge on any atom is -0.310 e. The van der Waals surface area contributed by atoms with E-state index in [1.54, 1.807) is 0 Å². The van der Waals surface area contributed by atoms with Crippen molar-refractivity contribution in [2.75, 3.05) is 26.2 Å². The Labute approximate surface area is 108 Å². The van der Waals surface area contributed by atoms with Crippen molar-refractivity contribution >= 4 is 0 Å². The van der Waals surface area contributed by atoms with E-state index in [1.807, 2.05) is 0 Å². The number of unbranched alkanes of at least 4 members (excludes halogenated alkanes) is 1. The lowest BCUT2D eigenvalue weighted by Crippen LogP contribution is -2.48. The van der Waals surface area contributed by atoms with E-state index in [2.05, 4.69) is 37.9 Å². The first-order valence-electron chi connectivity index (χ1n) is 7.53. The van der Waals surface area contributed by atoms with Crippen LogP contribution >= 0.6 is 0 Å². The molecule has 0 aromatic carbocycles. The lowest BCUT2D eigenvalue weighted by Gasteiger charge is -2.32. The largest absolute Gasteiger partial charge is 0.310 e. The summed E-state index contributed by atoms with van der Waals surface area (Å²) in [5.74, 6) is 0.863. The van der Waals surface area contributed by atoms with Crippen molar-refractivity contribution in [3.63, 3.8) is 0 Å². The fourth-order valence-corrected chi connectivity index (χ4v) is 2.64. The Morgan fingerprint density at radius 3 is 2.71 bits per heavy atom. The summed E-state index contributed by atoms with van der Waals surface area (Å²) in [7, 11) is 0. The molecule has 1 fully saturated rings. The Balaban J connectivity index is 2.26. The second-order valence-corrected chi connectivity index (χ2v) is 6.36. The monoisotopic (exact) mass is 240 g/mol. The standard InChI is InChI=1S/C15H32N2/c1-5-15(4)13-17(12-8-10-16-15)11-7-6-9-14(2)3/h14,16H,5-13H2,1-4H3. The van der Waals surface area contributed by atoms with Gasteiger partial charge in [0, 0.05) is 12.1 Å². The molecule has 1 aliphatic heterocycles. The van der Waals surface area contributed by atoms with Crippen LogP contribution in [0.2, 0.25) is 0 Å². The molecule has 1 unspecified atom stereocenters. The Bertz CT molecular complexity index is 203. The van der Waals surface area contributed by atoms with Crippen molar-refractivity contribution in [1.82, 2.24) is 10.2 Å². The minimum atomic E-state index is 0.342. The number of hydrogen-bond donors (Lipinski definition) is 1. The smallest absolute Gasteiger partial charge is 0.0277 e. The maximum absolute atomic E-state index is 3.70. The van der Waals surface area contributed by atoms with Crippen molar-refractivity contribution in [3.8, 4) is 0 Å². The molecule has 2 nitrogen and oxygen atoms in total. The molecule has 17 heavy (non-hydrogen) atoms. The maximum Gasteiger partial charge on any atom is 0.0277 e. The van der Waals surface area contributed by atoms with E-state index >= 15 is 0 Å². The number of rotatable bonds is 6. The highest BCUT2D eigenvalue weighted by Crippen LogP contribution is 2.16. The molecule has 2 heteroatoms. The summed E-state index contributed by atoms with van der Waals surface area (Å²) >= 11 is 0. The summed E-state index contributed by atoms with van der Waals surface area (Å²) in [6, 6.07) is 0. The lowest BCUT2D eigenvalue weighted by atomic mass is 9.98. The van der Waals surface area contributed by atoms with E-state index in [1.165, 1.54) is 58.3 Å². The van der Waals surface area contributed by atoms with Gasteiger partial charge in [0.25, 0.3) is 0 Å². The summed E-state index contributed by atoms with van der Waals surface area (Å²) in [5.41, 5.74) is 0.342. The van der Waals surface area contributed by atoms with Crippen molar-refractivity contribution < 1.29 is 0 Å². The van der Waals surface area contributed by atoms with Crippen LogP contribution in [0.3, 0.4) is 0 Å². The summed E-state index contributed by atoms with van der Waals surface area (Å²) < 4.78 is 0. The number of nitrogens with one attached hydrogen (secondary N) is 1. The van der Waals surface area contributed by atoms with Gasteiger partial charge in [-0.25, -0.2) is 0 Å². The van der Waals surface area contributed by atoms with Crippen LogP contribution < -0.4 is 5.32 Å². The zero-order valence-electron chi connectivity index (χ0n) is 12.4. The molecule has 0 aliphatic carbocycles. The number of hydrogen-bond acceptors (Lipinski definition) is 2. The summed E-state index contributed by atoms with van der Waals surface area (Å²) in [4.78, 5) is 2.67. The Kier molecular flexibility index (Phi) is 6.50. The molecule has 1 rings (SSSR count). The molecular formula is C15H32N2. The third-order valence-electron chi connectivity index (χ3n) is 4.06. The Morgan fingerprint density at radius 1 is 1.29 bits per heavy atom. The number of nitrogens with zero attached hydrogens (tertiary/aromatic N) is 1. The maximum atomic E-state index is 3.70. The van der Waals surface area contributed by atoms with Gasteiger partial charge in [0.15, 0.2) is 0 Å². The van der Waals surface area contributed by atoms with Gasteiger partial charge in [-0.05, 0) is 51.7 Å². The van der Waals surface area contributed by atoms with Gasteiger partial charge < -0.3 is 10.2 Å². The van der Waals surface area contributed by atoms with Gasteiger partial charge in [0.2, 0.25) is 0 Å². The van der Waals surface area contributed by atoms with Crippen LogP contribution in [0.1, 0.15) is 59.8 Å². The van der Waals surface area contributed by atoms with Crippen LogP contribution in [-0.2, 0) is 0 Å². The van der Waals surface area contributed by atoms with E-state index in [0.29, 0.717) is 5.54 Å². The van der Waals surface area contributed by atoms with Gasteiger partial charge in [-0.3, -0.25) is 0 Å². The molecule has 1 N–H and O–H groups in total. The second-order valence-electron chi connectivity index (χ2n) is 6.36. The van der Waals surface area contributed by atoms with E-state index in [4.69, 9.17) is 0 Å². The van der Waals surface area contributed by atoms with Crippen LogP contribution in [0, 0.1) is 5.92 Å². The highest BCUT2D eigenvalue weighted by Gasteiger charge is 2.26. The van der Waals surface area contributed by atoms with Gasteiger partial charge in [-0.2, -0.15) is 0 Å². The average molecular weight is 240 g/mol. The molecule has 0 aromatic rings. The normalized spacial score (nSPS) is 27.4. The van der Waals surface area contributed by atoms with Gasteiger partial charge in [-0.1, -0.05) is 33.6 Å². The molecule has 1 aliphatic rings. The minimum absolute atomic E-state index is 0.342. The predicted molar refractivity (Wildman–Crippen MR) is 76.4 cm³/mol. The molecule has 102 valence electrons. The topological polar surface area (TPSA) is 15.3 Å². The van der Waals surface area contributed by atoms with E-state index in [0.717, 1.165) is 5.92 Å². The van der Waals surface area contributed by atoms with Crippen LogP contribution in [0.25, 0.3) is 0 Å². The van der Waals surface area contributed by atoms with Gasteiger partial charge >= 0.3 is 0 Å². The van der Waals surface area contributed by atoms with Gasteiger partial charge in [-0.15, -0.1) is 0 Å². The fourth-order valence-electron chi connectivity index (χ4n) is 2.64. The second kappa shape index (κ2) is 7.38. The van der Waals surface area contributed by atoms with E-state index in [9.17, 15) is 0 Å². The van der Waals surface area contributed by atoms with Crippen molar-refractivity contribution in [2.24, 2.45) is 5.92 Å². The molecular weight excluding hydrogens is 208 g/mol. The quantitative estimate of drug-likeness (QED) is 0.717.